The molecule has 152 valence electrons. The standard InChI is InChI=1S/C20H22ClN5O3/c1-10-13(6-5-11(8-22)15(10)21)26-17(27)16-14-7-12(25(16)19(26)29)9-24(14)18(28)23-20(2,3)4/h5-6,12,14,16H,7,9H2,1-4H3,(H,23,28)/t12-,14-,16-/m0/s1. The second-order valence-corrected chi connectivity index (χ2v) is 9.16. The Kier molecular flexibility index (Phi) is 4.28. The summed E-state index contributed by atoms with van der Waals surface area (Å²) in [4.78, 5) is 43.5. The first-order valence-corrected chi connectivity index (χ1v) is 9.87. The van der Waals surface area contributed by atoms with Crippen molar-refractivity contribution >= 4 is 35.3 Å². The van der Waals surface area contributed by atoms with E-state index in [9.17, 15) is 14.4 Å². The molecule has 0 unspecified atom stereocenters. The number of nitrogens with one attached hydrogen (secondary N) is 1. The molecule has 0 radical (unpaired) electrons. The lowest BCUT2D eigenvalue weighted by molar-refractivity contribution is -0.121. The number of urea groups is 2. The molecule has 3 atom stereocenters. The lowest BCUT2D eigenvalue weighted by Gasteiger charge is -2.36. The van der Waals surface area contributed by atoms with Gasteiger partial charge in [0, 0.05) is 12.1 Å². The molecule has 3 aliphatic rings. The van der Waals surface area contributed by atoms with Crippen molar-refractivity contribution < 1.29 is 14.4 Å². The van der Waals surface area contributed by atoms with Gasteiger partial charge in [-0.05, 0) is 51.8 Å². The van der Waals surface area contributed by atoms with Crippen LogP contribution in [0, 0.1) is 18.3 Å². The van der Waals surface area contributed by atoms with Crippen LogP contribution in [0.25, 0.3) is 0 Å². The van der Waals surface area contributed by atoms with Crippen molar-refractivity contribution in [1.82, 2.24) is 15.1 Å². The Labute approximate surface area is 174 Å². The number of anilines is 1. The Morgan fingerprint density at radius 3 is 2.62 bits per heavy atom. The highest BCUT2D eigenvalue weighted by Crippen LogP contribution is 2.43. The lowest BCUT2D eigenvalue weighted by Crippen LogP contribution is -2.59. The van der Waals surface area contributed by atoms with Gasteiger partial charge in [0.05, 0.1) is 28.4 Å². The Hall–Kier alpha value is -2.79. The van der Waals surface area contributed by atoms with Gasteiger partial charge >= 0.3 is 12.1 Å². The van der Waals surface area contributed by atoms with E-state index in [2.05, 4.69) is 5.32 Å². The summed E-state index contributed by atoms with van der Waals surface area (Å²) < 4.78 is 0. The molecule has 1 aromatic carbocycles. The molecule has 3 aliphatic heterocycles. The molecular formula is C20H22ClN5O3. The van der Waals surface area contributed by atoms with Gasteiger partial charge in [-0.25, -0.2) is 14.5 Å². The number of amides is 5. The number of hydrogen-bond acceptors (Lipinski definition) is 4. The number of piperazine rings is 1. The predicted molar refractivity (Wildman–Crippen MR) is 107 cm³/mol. The fourth-order valence-electron chi connectivity index (χ4n) is 4.51. The third-order valence-electron chi connectivity index (χ3n) is 5.73. The minimum Gasteiger partial charge on any atom is -0.333 e. The molecule has 29 heavy (non-hydrogen) atoms. The zero-order chi connectivity index (χ0) is 21.2. The summed E-state index contributed by atoms with van der Waals surface area (Å²) in [6, 6.07) is 3.23. The van der Waals surface area contributed by atoms with Crippen LogP contribution >= 0.6 is 11.6 Å². The molecule has 2 bridgehead atoms. The monoisotopic (exact) mass is 415 g/mol. The van der Waals surface area contributed by atoms with Crippen molar-refractivity contribution in [1.29, 1.82) is 5.26 Å². The molecule has 0 aromatic heterocycles. The molecule has 0 spiro atoms. The normalized spacial score (nSPS) is 25.5. The van der Waals surface area contributed by atoms with E-state index in [0.717, 1.165) is 4.90 Å². The largest absolute Gasteiger partial charge is 0.333 e. The number of likely N-dealkylation sites (tertiary alicyclic amines) is 1. The highest BCUT2D eigenvalue weighted by molar-refractivity contribution is 6.33. The third-order valence-corrected chi connectivity index (χ3v) is 6.21. The van der Waals surface area contributed by atoms with Crippen LogP contribution in [0.2, 0.25) is 5.02 Å². The van der Waals surface area contributed by atoms with Gasteiger partial charge in [0.15, 0.2) is 0 Å². The quantitative estimate of drug-likeness (QED) is 0.713. The minimum absolute atomic E-state index is 0.189. The second kappa shape index (κ2) is 6.36. The van der Waals surface area contributed by atoms with E-state index in [-0.39, 0.29) is 34.6 Å². The Morgan fingerprint density at radius 2 is 2.00 bits per heavy atom. The number of fused-ring (bicyclic) bond motifs is 5. The SMILES string of the molecule is Cc1c(N2C(=O)[C@@H]3[C@@H]4C[C@@H](CN4C(=O)NC(C)(C)C)N3C2=O)ccc(C#N)c1Cl. The molecule has 5 amide bonds. The van der Waals surface area contributed by atoms with Crippen molar-refractivity contribution in [3.05, 3.63) is 28.3 Å². The van der Waals surface area contributed by atoms with Gasteiger partial charge in [-0.15, -0.1) is 0 Å². The van der Waals surface area contributed by atoms with Crippen molar-refractivity contribution in [2.75, 3.05) is 11.4 Å². The smallest absolute Gasteiger partial charge is 0.332 e. The van der Waals surface area contributed by atoms with Gasteiger partial charge in [-0.3, -0.25) is 4.79 Å². The summed E-state index contributed by atoms with van der Waals surface area (Å²) in [5.74, 6) is -0.361. The molecule has 3 heterocycles. The van der Waals surface area contributed by atoms with E-state index < -0.39 is 17.6 Å². The van der Waals surface area contributed by atoms with Gasteiger partial charge in [-0.2, -0.15) is 5.26 Å². The first kappa shape index (κ1) is 19.5. The fraction of sp³-hybridized carbons (Fsp3) is 0.500. The summed E-state index contributed by atoms with van der Waals surface area (Å²) >= 11 is 6.24. The Balaban J connectivity index is 1.65. The maximum atomic E-state index is 13.3. The van der Waals surface area contributed by atoms with Gasteiger partial charge in [0.1, 0.15) is 12.1 Å². The second-order valence-electron chi connectivity index (χ2n) is 8.78. The number of rotatable bonds is 1. The van der Waals surface area contributed by atoms with Gasteiger partial charge in [0.2, 0.25) is 0 Å². The fourth-order valence-corrected chi connectivity index (χ4v) is 4.71. The molecule has 0 saturated carbocycles. The number of benzene rings is 1. The molecule has 1 N–H and O–H groups in total. The molecule has 1 aromatic rings. The third kappa shape index (κ3) is 2.84. The summed E-state index contributed by atoms with van der Waals surface area (Å²) in [7, 11) is 0. The Bertz CT molecular complexity index is 980. The average molecular weight is 416 g/mol. The van der Waals surface area contributed by atoms with E-state index in [4.69, 9.17) is 16.9 Å². The van der Waals surface area contributed by atoms with Crippen molar-refractivity contribution in [3.63, 3.8) is 0 Å². The molecule has 0 aliphatic carbocycles. The van der Waals surface area contributed by atoms with E-state index >= 15 is 0 Å². The number of carbonyl (C=O) groups excluding carboxylic acids is 3. The summed E-state index contributed by atoms with van der Waals surface area (Å²) in [5, 5.41) is 12.3. The van der Waals surface area contributed by atoms with Crippen LogP contribution in [0.3, 0.4) is 0 Å². The van der Waals surface area contributed by atoms with Gasteiger partial charge < -0.3 is 15.1 Å². The summed E-state index contributed by atoms with van der Waals surface area (Å²) in [5.41, 5.74) is 0.778. The highest BCUT2D eigenvalue weighted by Gasteiger charge is 2.63. The van der Waals surface area contributed by atoms with E-state index in [1.165, 1.54) is 6.07 Å². The first-order valence-electron chi connectivity index (χ1n) is 9.49. The topological polar surface area (TPSA) is 96.8 Å². The lowest BCUT2D eigenvalue weighted by atomic mass is 10.1. The number of hydrogen-bond donors (Lipinski definition) is 1. The van der Waals surface area contributed by atoms with Crippen LogP contribution in [0.1, 0.15) is 38.3 Å². The maximum Gasteiger partial charge on any atom is 0.332 e. The molecule has 4 rings (SSSR count). The number of nitriles is 1. The zero-order valence-electron chi connectivity index (χ0n) is 16.7. The molecule has 3 fully saturated rings. The predicted octanol–water partition coefficient (Wildman–Crippen LogP) is 2.62. The number of imide groups is 1. The molecular weight excluding hydrogens is 394 g/mol. The molecule has 9 heteroatoms. The minimum atomic E-state index is -0.694. The highest BCUT2D eigenvalue weighted by atomic mass is 35.5. The number of nitrogens with zero attached hydrogens (tertiary/aromatic N) is 4. The summed E-state index contributed by atoms with van der Waals surface area (Å²) in [6.07, 6.45) is 0.598. The maximum absolute atomic E-state index is 13.3. The van der Waals surface area contributed by atoms with Crippen molar-refractivity contribution in [2.24, 2.45) is 0 Å². The van der Waals surface area contributed by atoms with E-state index in [1.807, 2.05) is 26.8 Å². The van der Waals surface area contributed by atoms with Crippen molar-refractivity contribution in [2.45, 2.75) is 57.8 Å². The average Bonchev–Trinajstić information content (AvgIpc) is 3.28. The van der Waals surface area contributed by atoms with Crippen LogP contribution < -0.4 is 10.2 Å². The van der Waals surface area contributed by atoms with Crippen LogP contribution in [-0.4, -0.2) is 58.0 Å². The zero-order valence-corrected chi connectivity index (χ0v) is 17.4. The first-order chi connectivity index (χ1) is 13.5. The molecule has 8 nitrogen and oxygen atoms in total. The van der Waals surface area contributed by atoms with Crippen molar-refractivity contribution in [3.8, 4) is 6.07 Å². The van der Waals surface area contributed by atoms with Gasteiger partial charge in [0.25, 0.3) is 5.91 Å². The Morgan fingerprint density at radius 1 is 1.31 bits per heavy atom. The van der Waals surface area contributed by atoms with Crippen LogP contribution in [0.15, 0.2) is 12.1 Å². The number of carbonyl (C=O) groups is 3. The van der Waals surface area contributed by atoms with Crippen LogP contribution in [0.4, 0.5) is 15.3 Å². The van der Waals surface area contributed by atoms with Crippen LogP contribution in [0.5, 0.6) is 0 Å². The number of halogens is 1. The van der Waals surface area contributed by atoms with Gasteiger partial charge in [-0.1, -0.05) is 11.6 Å². The van der Waals surface area contributed by atoms with Crippen LogP contribution in [-0.2, 0) is 4.79 Å². The summed E-state index contributed by atoms with van der Waals surface area (Å²) in [6.45, 7) is 7.78. The molecule has 3 saturated heterocycles. The van der Waals surface area contributed by atoms with E-state index in [1.54, 1.807) is 22.8 Å². The van der Waals surface area contributed by atoms with E-state index in [0.29, 0.717) is 24.2 Å².